The average Bonchev–Trinajstić information content (AvgIpc) is 2.41. The number of pyridine rings is 1. The zero-order chi connectivity index (χ0) is 13.8. The van der Waals surface area contributed by atoms with E-state index in [9.17, 15) is 9.18 Å². The van der Waals surface area contributed by atoms with Crippen LogP contribution in [0.2, 0.25) is 0 Å². The molecule has 0 aliphatic carbocycles. The van der Waals surface area contributed by atoms with Crippen LogP contribution in [0.5, 0.6) is 0 Å². The van der Waals surface area contributed by atoms with Crippen LogP contribution in [0.25, 0.3) is 0 Å². The Labute approximate surface area is 111 Å². The van der Waals surface area contributed by atoms with Crippen molar-refractivity contribution in [1.82, 2.24) is 9.88 Å². The van der Waals surface area contributed by atoms with Crippen LogP contribution in [-0.4, -0.2) is 40.6 Å². The normalized spacial score (nSPS) is 19.5. The lowest BCUT2D eigenvalue weighted by Crippen LogP contribution is -2.40. The maximum absolute atomic E-state index is 13.2. The molecule has 1 aromatic rings. The number of piperidine rings is 1. The van der Waals surface area contributed by atoms with E-state index in [1.165, 1.54) is 0 Å². The Morgan fingerprint density at radius 1 is 1.63 bits per heavy atom. The third-order valence-corrected chi connectivity index (χ3v) is 3.46. The number of nitrogens with zero attached hydrogens (tertiary/aromatic N) is 2. The highest BCUT2D eigenvalue weighted by molar-refractivity contribution is 5.98. The van der Waals surface area contributed by atoms with E-state index in [1.54, 1.807) is 4.90 Å². The Hall–Kier alpha value is -1.69. The van der Waals surface area contributed by atoms with Gasteiger partial charge in [-0.15, -0.1) is 0 Å². The largest absolute Gasteiger partial charge is 0.396 e. The number of nitrogens with two attached hydrogens (primary N) is 1. The van der Waals surface area contributed by atoms with Crippen LogP contribution >= 0.6 is 0 Å². The summed E-state index contributed by atoms with van der Waals surface area (Å²) in [5, 5.41) is 8.96. The number of nitrogen functional groups attached to an aromatic ring is 1. The molecule has 3 N–H and O–H groups in total. The summed E-state index contributed by atoms with van der Waals surface area (Å²) in [7, 11) is 0. The molecule has 2 heterocycles. The second kappa shape index (κ2) is 5.97. The molecular formula is C13H18FN3O2. The van der Waals surface area contributed by atoms with Crippen LogP contribution in [0.1, 0.15) is 29.6 Å². The van der Waals surface area contributed by atoms with E-state index in [-0.39, 0.29) is 23.9 Å². The van der Waals surface area contributed by atoms with E-state index < -0.39 is 5.82 Å². The van der Waals surface area contributed by atoms with Crippen molar-refractivity contribution < 1.29 is 14.3 Å². The van der Waals surface area contributed by atoms with Gasteiger partial charge in [0.25, 0.3) is 5.91 Å². The number of aromatic nitrogens is 1. The summed E-state index contributed by atoms with van der Waals surface area (Å²) >= 11 is 0. The molecule has 19 heavy (non-hydrogen) atoms. The number of carbonyl (C=O) groups excluding carboxylic acids is 1. The van der Waals surface area contributed by atoms with Crippen molar-refractivity contribution in [1.29, 1.82) is 0 Å². The van der Waals surface area contributed by atoms with E-state index in [2.05, 4.69) is 4.98 Å². The first-order valence-electron chi connectivity index (χ1n) is 6.43. The lowest BCUT2D eigenvalue weighted by Gasteiger charge is -2.32. The molecule has 0 bridgehead atoms. The van der Waals surface area contributed by atoms with Crippen LogP contribution < -0.4 is 5.73 Å². The number of hydrogen-bond donors (Lipinski definition) is 2. The maximum Gasteiger partial charge on any atom is 0.257 e. The van der Waals surface area contributed by atoms with E-state index in [4.69, 9.17) is 10.8 Å². The highest BCUT2D eigenvalue weighted by atomic mass is 19.1. The summed E-state index contributed by atoms with van der Waals surface area (Å²) in [4.78, 5) is 17.6. The Morgan fingerprint density at radius 2 is 2.42 bits per heavy atom. The van der Waals surface area contributed by atoms with Crippen molar-refractivity contribution in [2.75, 3.05) is 25.4 Å². The monoisotopic (exact) mass is 267 g/mol. The number of aliphatic hydroxyl groups excluding tert-OH is 1. The Morgan fingerprint density at radius 3 is 3.16 bits per heavy atom. The van der Waals surface area contributed by atoms with Crippen LogP contribution in [0, 0.1) is 11.7 Å². The predicted molar refractivity (Wildman–Crippen MR) is 68.9 cm³/mol. The molecule has 1 aliphatic heterocycles. The zero-order valence-corrected chi connectivity index (χ0v) is 10.7. The Bertz CT molecular complexity index is 465. The minimum absolute atomic E-state index is 0.0516. The Kier molecular flexibility index (Phi) is 4.31. The van der Waals surface area contributed by atoms with Crippen LogP contribution in [0.4, 0.5) is 10.2 Å². The molecule has 6 heteroatoms. The van der Waals surface area contributed by atoms with Gasteiger partial charge in [0.2, 0.25) is 0 Å². The highest BCUT2D eigenvalue weighted by Crippen LogP contribution is 2.22. The molecule has 1 amide bonds. The number of carbonyl (C=O) groups is 1. The first kappa shape index (κ1) is 13.7. The molecule has 104 valence electrons. The lowest BCUT2D eigenvalue weighted by molar-refractivity contribution is 0.0654. The van der Waals surface area contributed by atoms with Crippen LogP contribution in [0.15, 0.2) is 12.3 Å². The minimum Gasteiger partial charge on any atom is -0.396 e. The molecule has 1 aliphatic rings. The van der Waals surface area contributed by atoms with Crippen LogP contribution in [-0.2, 0) is 0 Å². The van der Waals surface area contributed by atoms with Gasteiger partial charge in [0.1, 0.15) is 11.6 Å². The number of rotatable bonds is 3. The average molecular weight is 267 g/mol. The van der Waals surface area contributed by atoms with Gasteiger partial charge in [0.05, 0.1) is 11.8 Å². The molecule has 1 saturated heterocycles. The van der Waals surface area contributed by atoms with Crippen molar-refractivity contribution in [3.8, 4) is 0 Å². The molecule has 0 aromatic carbocycles. The quantitative estimate of drug-likeness (QED) is 0.857. The number of likely N-dealkylation sites (tertiary alicyclic amines) is 1. The smallest absolute Gasteiger partial charge is 0.257 e. The molecule has 2 rings (SSSR count). The summed E-state index contributed by atoms with van der Waals surface area (Å²) < 4.78 is 13.2. The van der Waals surface area contributed by atoms with E-state index in [1.807, 2.05) is 0 Å². The van der Waals surface area contributed by atoms with Gasteiger partial charge in [0.15, 0.2) is 0 Å². The maximum atomic E-state index is 13.2. The zero-order valence-electron chi connectivity index (χ0n) is 10.7. The van der Waals surface area contributed by atoms with Gasteiger partial charge in [-0.2, -0.15) is 0 Å². The summed E-state index contributed by atoms with van der Waals surface area (Å²) in [6.07, 6.45) is 3.57. The summed E-state index contributed by atoms with van der Waals surface area (Å²) in [6, 6.07) is 1.13. The van der Waals surface area contributed by atoms with Gasteiger partial charge in [-0.3, -0.25) is 4.79 Å². The topological polar surface area (TPSA) is 79.5 Å². The predicted octanol–water partition coefficient (Wildman–Crippen LogP) is 1.04. The molecule has 0 saturated carbocycles. The Balaban J connectivity index is 2.12. The minimum atomic E-state index is -0.568. The van der Waals surface area contributed by atoms with Crippen LogP contribution in [0.3, 0.4) is 0 Å². The van der Waals surface area contributed by atoms with Crippen molar-refractivity contribution in [3.63, 3.8) is 0 Å². The van der Waals surface area contributed by atoms with Gasteiger partial charge in [0, 0.05) is 19.7 Å². The number of halogens is 1. The van der Waals surface area contributed by atoms with E-state index in [0.717, 1.165) is 25.1 Å². The first-order chi connectivity index (χ1) is 9.11. The van der Waals surface area contributed by atoms with Gasteiger partial charge < -0.3 is 15.7 Å². The summed E-state index contributed by atoms with van der Waals surface area (Å²) in [6.45, 7) is 1.34. The van der Waals surface area contributed by atoms with E-state index >= 15 is 0 Å². The van der Waals surface area contributed by atoms with Gasteiger partial charge in [-0.1, -0.05) is 0 Å². The van der Waals surface area contributed by atoms with Crippen molar-refractivity contribution in [3.05, 3.63) is 23.6 Å². The fourth-order valence-corrected chi connectivity index (χ4v) is 2.46. The molecule has 1 fully saturated rings. The number of hydrogen-bond acceptors (Lipinski definition) is 4. The lowest BCUT2D eigenvalue weighted by atomic mass is 9.94. The first-order valence-corrected chi connectivity index (χ1v) is 6.43. The molecule has 0 spiro atoms. The van der Waals surface area contributed by atoms with Crippen molar-refractivity contribution in [2.24, 2.45) is 5.92 Å². The standard InChI is InChI=1S/C13H18FN3O2/c14-10-6-11(12(15)16-7-10)13(19)17-4-1-2-9(8-17)3-5-18/h6-7,9,18H,1-5,8H2,(H2,15,16). The molecule has 1 atom stereocenters. The SMILES string of the molecule is Nc1ncc(F)cc1C(=O)N1CCCC(CCO)C1. The van der Waals surface area contributed by atoms with Crippen molar-refractivity contribution >= 4 is 11.7 Å². The fraction of sp³-hybridized carbons (Fsp3) is 0.538. The highest BCUT2D eigenvalue weighted by Gasteiger charge is 2.25. The number of aliphatic hydroxyl groups is 1. The number of amides is 1. The van der Waals surface area contributed by atoms with E-state index in [0.29, 0.717) is 25.4 Å². The number of anilines is 1. The molecule has 1 aromatic heterocycles. The van der Waals surface area contributed by atoms with Gasteiger partial charge >= 0.3 is 0 Å². The van der Waals surface area contributed by atoms with Gasteiger partial charge in [-0.25, -0.2) is 9.37 Å². The second-order valence-corrected chi connectivity index (χ2v) is 4.86. The second-order valence-electron chi connectivity index (χ2n) is 4.86. The summed E-state index contributed by atoms with van der Waals surface area (Å²) in [5.41, 5.74) is 5.74. The molecular weight excluding hydrogens is 249 g/mol. The fourth-order valence-electron chi connectivity index (χ4n) is 2.46. The molecule has 5 nitrogen and oxygen atoms in total. The molecule has 0 radical (unpaired) electrons. The van der Waals surface area contributed by atoms with Crippen molar-refractivity contribution in [2.45, 2.75) is 19.3 Å². The van der Waals surface area contributed by atoms with Gasteiger partial charge in [-0.05, 0) is 31.2 Å². The third-order valence-electron chi connectivity index (χ3n) is 3.46. The summed E-state index contributed by atoms with van der Waals surface area (Å²) in [5.74, 6) is -0.505. The third kappa shape index (κ3) is 3.20. The molecule has 1 unspecified atom stereocenters.